The van der Waals surface area contributed by atoms with Crippen molar-refractivity contribution in [2.45, 2.75) is 45.6 Å². The van der Waals surface area contributed by atoms with Crippen LogP contribution < -0.4 is 5.32 Å². The molecule has 0 aliphatic rings. The van der Waals surface area contributed by atoms with Gasteiger partial charge in [-0.25, -0.2) is 4.98 Å². The van der Waals surface area contributed by atoms with Crippen LogP contribution in [0.4, 0.5) is 0 Å². The van der Waals surface area contributed by atoms with Gasteiger partial charge in [-0.15, -0.1) is 11.3 Å². The smallest absolute Gasteiger partial charge is 0.0945 e. The number of hydrogen-bond donors (Lipinski definition) is 2. The molecule has 2 rings (SSSR count). The molecular weight excluding hydrogens is 292 g/mol. The normalized spacial score (nSPS) is 13.3. The Balaban J connectivity index is 1.96. The highest BCUT2D eigenvalue weighted by Crippen LogP contribution is 2.27. The first-order valence-corrected chi connectivity index (χ1v) is 8.68. The van der Waals surface area contributed by atoms with E-state index in [1.165, 1.54) is 11.1 Å². The van der Waals surface area contributed by atoms with E-state index in [9.17, 15) is 5.11 Å². The van der Waals surface area contributed by atoms with E-state index in [1.54, 1.807) is 18.3 Å². The van der Waals surface area contributed by atoms with E-state index in [1.807, 2.05) is 0 Å². The molecule has 0 spiro atoms. The van der Waals surface area contributed by atoms with Gasteiger partial charge in [-0.3, -0.25) is 0 Å². The number of benzene rings is 1. The standard InChI is InChI=1S/C18H26N2OS/c1-13(21)11-19-10-9-17-20-16(12-22-17)14-5-7-15(8-6-14)18(2,3)4/h5-8,12-13,19,21H,9-11H2,1-4H3. The van der Waals surface area contributed by atoms with Crippen molar-refractivity contribution in [1.82, 2.24) is 10.3 Å². The first-order chi connectivity index (χ1) is 10.4. The van der Waals surface area contributed by atoms with Gasteiger partial charge < -0.3 is 10.4 Å². The van der Waals surface area contributed by atoms with Crippen molar-refractivity contribution in [2.75, 3.05) is 13.1 Å². The first-order valence-electron chi connectivity index (χ1n) is 7.80. The summed E-state index contributed by atoms with van der Waals surface area (Å²) in [6, 6.07) is 8.70. The van der Waals surface area contributed by atoms with E-state index < -0.39 is 0 Å². The van der Waals surface area contributed by atoms with E-state index in [4.69, 9.17) is 4.98 Å². The van der Waals surface area contributed by atoms with Crippen LogP contribution in [0.1, 0.15) is 38.3 Å². The number of aromatic nitrogens is 1. The molecule has 0 aliphatic carbocycles. The van der Waals surface area contributed by atoms with Crippen molar-refractivity contribution in [3.05, 3.63) is 40.2 Å². The highest BCUT2D eigenvalue weighted by Gasteiger charge is 2.13. The van der Waals surface area contributed by atoms with Crippen molar-refractivity contribution in [2.24, 2.45) is 0 Å². The minimum Gasteiger partial charge on any atom is -0.392 e. The van der Waals surface area contributed by atoms with Crippen molar-refractivity contribution >= 4 is 11.3 Å². The summed E-state index contributed by atoms with van der Waals surface area (Å²) < 4.78 is 0. The van der Waals surface area contributed by atoms with E-state index >= 15 is 0 Å². The summed E-state index contributed by atoms with van der Waals surface area (Å²) in [5.41, 5.74) is 3.75. The fraction of sp³-hybridized carbons (Fsp3) is 0.500. The Hall–Kier alpha value is -1.23. The predicted octanol–water partition coefficient (Wildman–Crippen LogP) is 3.62. The van der Waals surface area contributed by atoms with Gasteiger partial charge in [0.25, 0.3) is 0 Å². The number of nitrogens with zero attached hydrogens (tertiary/aromatic N) is 1. The molecule has 0 radical (unpaired) electrons. The third-order valence-electron chi connectivity index (χ3n) is 3.55. The Morgan fingerprint density at radius 1 is 1.23 bits per heavy atom. The van der Waals surface area contributed by atoms with Gasteiger partial charge in [0.05, 0.1) is 16.8 Å². The zero-order valence-corrected chi connectivity index (χ0v) is 14.7. The summed E-state index contributed by atoms with van der Waals surface area (Å²) in [7, 11) is 0. The second-order valence-electron chi connectivity index (χ2n) is 6.76. The Morgan fingerprint density at radius 2 is 1.91 bits per heavy atom. The Bertz CT molecular complexity index is 582. The monoisotopic (exact) mass is 318 g/mol. The van der Waals surface area contributed by atoms with Crippen LogP contribution in [-0.2, 0) is 11.8 Å². The van der Waals surface area contributed by atoms with E-state index in [2.05, 4.69) is 55.7 Å². The SMILES string of the molecule is CC(O)CNCCc1nc(-c2ccc(C(C)(C)C)cc2)cs1. The molecular formula is C18H26N2OS. The Kier molecular flexibility index (Phi) is 5.73. The number of nitrogens with one attached hydrogen (secondary N) is 1. The third kappa shape index (κ3) is 4.90. The fourth-order valence-electron chi connectivity index (χ4n) is 2.21. The van der Waals surface area contributed by atoms with Crippen LogP contribution in [0.5, 0.6) is 0 Å². The number of aliphatic hydroxyl groups excluding tert-OH is 1. The van der Waals surface area contributed by atoms with Gasteiger partial charge in [-0.1, -0.05) is 45.0 Å². The summed E-state index contributed by atoms with van der Waals surface area (Å²) >= 11 is 1.70. The lowest BCUT2D eigenvalue weighted by Gasteiger charge is -2.18. The lowest BCUT2D eigenvalue weighted by Crippen LogP contribution is -2.26. The summed E-state index contributed by atoms with van der Waals surface area (Å²) in [5.74, 6) is 0. The summed E-state index contributed by atoms with van der Waals surface area (Å²) in [6.07, 6.45) is 0.602. The first kappa shape index (κ1) is 17.1. The van der Waals surface area contributed by atoms with Gasteiger partial charge in [0.1, 0.15) is 0 Å². The highest BCUT2D eigenvalue weighted by molar-refractivity contribution is 7.09. The molecule has 1 heterocycles. The van der Waals surface area contributed by atoms with Crippen molar-refractivity contribution in [3.63, 3.8) is 0 Å². The lowest BCUT2D eigenvalue weighted by molar-refractivity contribution is 0.191. The lowest BCUT2D eigenvalue weighted by atomic mass is 9.86. The maximum absolute atomic E-state index is 9.21. The molecule has 4 heteroatoms. The molecule has 1 aromatic heterocycles. The maximum atomic E-state index is 9.21. The average Bonchev–Trinajstić information content (AvgIpc) is 2.91. The van der Waals surface area contributed by atoms with E-state index in [0.29, 0.717) is 6.54 Å². The summed E-state index contributed by atoms with van der Waals surface area (Å²) in [4.78, 5) is 4.71. The predicted molar refractivity (Wildman–Crippen MR) is 94.5 cm³/mol. The fourth-order valence-corrected chi connectivity index (χ4v) is 3.01. The van der Waals surface area contributed by atoms with Crippen LogP contribution in [0.15, 0.2) is 29.6 Å². The van der Waals surface area contributed by atoms with E-state index in [0.717, 1.165) is 23.7 Å². The maximum Gasteiger partial charge on any atom is 0.0945 e. The number of aliphatic hydroxyl groups is 1. The molecule has 1 aromatic carbocycles. The molecule has 3 nitrogen and oxygen atoms in total. The molecule has 0 bridgehead atoms. The topological polar surface area (TPSA) is 45.1 Å². The molecule has 1 atom stereocenters. The van der Waals surface area contributed by atoms with Gasteiger partial charge in [-0.05, 0) is 17.9 Å². The third-order valence-corrected chi connectivity index (χ3v) is 4.46. The second-order valence-corrected chi connectivity index (χ2v) is 7.70. The Labute approximate surface area is 137 Å². The van der Waals surface area contributed by atoms with Gasteiger partial charge in [0.2, 0.25) is 0 Å². The van der Waals surface area contributed by atoms with Crippen LogP contribution in [0.2, 0.25) is 0 Å². The largest absolute Gasteiger partial charge is 0.392 e. The molecule has 0 fully saturated rings. The van der Waals surface area contributed by atoms with Gasteiger partial charge in [0, 0.05) is 30.5 Å². The quantitative estimate of drug-likeness (QED) is 0.800. The van der Waals surface area contributed by atoms with Gasteiger partial charge in [0.15, 0.2) is 0 Å². The van der Waals surface area contributed by atoms with Crippen LogP contribution >= 0.6 is 11.3 Å². The number of rotatable bonds is 6. The highest BCUT2D eigenvalue weighted by atomic mass is 32.1. The second kappa shape index (κ2) is 7.36. The minimum absolute atomic E-state index is 0.182. The zero-order valence-electron chi connectivity index (χ0n) is 13.9. The van der Waals surface area contributed by atoms with Crippen LogP contribution in [0.25, 0.3) is 11.3 Å². The van der Waals surface area contributed by atoms with Crippen LogP contribution in [0, 0.1) is 0 Å². The molecule has 0 saturated heterocycles. The molecule has 120 valence electrons. The van der Waals surface area contributed by atoms with Crippen molar-refractivity contribution in [1.29, 1.82) is 0 Å². The van der Waals surface area contributed by atoms with Gasteiger partial charge >= 0.3 is 0 Å². The molecule has 2 N–H and O–H groups in total. The summed E-state index contributed by atoms with van der Waals surface area (Å²) in [6.45, 7) is 9.94. The van der Waals surface area contributed by atoms with Gasteiger partial charge in [-0.2, -0.15) is 0 Å². The van der Waals surface area contributed by atoms with Crippen LogP contribution in [-0.4, -0.2) is 29.3 Å². The Morgan fingerprint density at radius 3 is 2.50 bits per heavy atom. The molecule has 0 amide bonds. The molecule has 1 unspecified atom stereocenters. The minimum atomic E-state index is -0.298. The molecule has 0 aliphatic heterocycles. The number of thiazole rings is 1. The van der Waals surface area contributed by atoms with Crippen molar-refractivity contribution in [3.8, 4) is 11.3 Å². The zero-order chi connectivity index (χ0) is 16.2. The van der Waals surface area contributed by atoms with Crippen LogP contribution in [0.3, 0.4) is 0 Å². The molecule has 22 heavy (non-hydrogen) atoms. The number of hydrogen-bond acceptors (Lipinski definition) is 4. The molecule has 2 aromatic rings. The van der Waals surface area contributed by atoms with E-state index in [-0.39, 0.29) is 11.5 Å². The van der Waals surface area contributed by atoms with Crippen molar-refractivity contribution < 1.29 is 5.11 Å². The average molecular weight is 318 g/mol. The summed E-state index contributed by atoms with van der Waals surface area (Å²) in [5, 5.41) is 15.7. The molecule has 0 saturated carbocycles.